The number of nitrogen functional groups attached to an aromatic ring is 1. The number of nitrogens with two attached hydrogens (primary N) is 1. The van der Waals surface area contributed by atoms with Crippen LogP contribution in [0.3, 0.4) is 0 Å². The summed E-state index contributed by atoms with van der Waals surface area (Å²) >= 11 is 0. The van der Waals surface area contributed by atoms with Crippen LogP contribution in [0.15, 0.2) is 47.5 Å². The third kappa shape index (κ3) is 3.43. The molecule has 0 saturated heterocycles. The second-order valence-electron chi connectivity index (χ2n) is 8.06. The molecule has 0 spiro atoms. The Kier molecular flexibility index (Phi) is 4.91. The number of aromatic amines is 1. The fourth-order valence-corrected chi connectivity index (χ4v) is 4.02. The van der Waals surface area contributed by atoms with Gasteiger partial charge in [-0.3, -0.25) is 14.5 Å². The van der Waals surface area contributed by atoms with Gasteiger partial charge in [-0.25, -0.2) is 18.2 Å². The normalized spacial score (nSPS) is 14.9. The van der Waals surface area contributed by atoms with E-state index in [9.17, 15) is 18.0 Å². The number of hydrogen-bond acceptors (Lipinski definition) is 8. The highest BCUT2D eigenvalue weighted by molar-refractivity contribution is 6.02. The molecule has 3 aromatic heterocycles. The molecule has 2 aromatic carbocycles. The van der Waals surface area contributed by atoms with Gasteiger partial charge in [-0.15, -0.1) is 0 Å². The van der Waals surface area contributed by atoms with E-state index in [1.54, 1.807) is 0 Å². The number of nitrogens with one attached hydrogen (secondary N) is 2. The summed E-state index contributed by atoms with van der Waals surface area (Å²) in [6, 6.07) is 6.01. The number of pyridine rings is 1. The van der Waals surface area contributed by atoms with Gasteiger partial charge in [-0.1, -0.05) is 6.07 Å². The van der Waals surface area contributed by atoms with Gasteiger partial charge in [0, 0.05) is 18.3 Å². The fourth-order valence-electron chi connectivity index (χ4n) is 4.02. The first-order chi connectivity index (χ1) is 17.4. The number of benzene rings is 2. The van der Waals surface area contributed by atoms with Gasteiger partial charge >= 0.3 is 0 Å². The summed E-state index contributed by atoms with van der Waals surface area (Å²) in [4.78, 5) is 21.9. The number of fused-ring (bicyclic) bond motifs is 4. The lowest BCUT2D eigenvalue weighted by atomic mass is 10.2. The average molecular weight is 495 g/mol. The van der Waals surface area contributed by atoms with Crippen molar-refractivity contribution in [2.75, 3.05) is 24.2 Å². The maximum Gasteiger partial charge on any atom is 0.267 e. The Morgan fingerprint density at radius 2 is 2.00 bits per heavy atom. The zero-order valence-corrected chi connectivity index (χ0v) is 18.3. The van der Waals surface area contributed by atoms with Crippen molar-refractivity contribution in [2.45, 2.75) is 6.10 Å². The Hall–Kier alpha value is -4.81. The maximum absolute atomic E-state index is 14.7. The first-order valence-electron chi connectivity index (χ1n) is 10.7. The number of rotatable bonds is 4. The van der Waals surface area contributed by atoms with Crippen LogP contribution in [0.25, 0.3) is 27.6 Å². The number of halogens is 3. The number of hydrogen-bond donors (Lipinski definition) is 3. The largest absolute Gasteiger partial charge is 0.486 e. The Balaban J connectivity index is 1.37. The predicted octanol–water partition coefficient (Wildman–Crippen LogP) is 2.91. The molecule has 0 unspecified atom stereocenters. The van der Waals surface area contributed by atoms with Crippen LogP contribution in [0.4, 0.5) is 24.8 Å². The molecule has 5 aromatic rings. The zero-order valence-electron chi connectivity index (χ0n) is 18.3. The molecule has 0 amide bonds. The number of nitrogens with zero attached hydrogens (tertiary/aromatic N) is 4. The highest BCUT2D eigenvalue weighted by Crippen LogP contribution is 2.35. The molecule has 1 atom stereocenters. The molecule has 13 heteroatoms. The van der Waals surface area contributed by atoms with Crippen LogP contribution >= 0.6 is 0 Å². The van der Waals surface area contributed by atoms with Gasteiger partial charge in [-0.05, 0) is 12.1 Å². The van der Waals surface area contributed by atoms with Gasteiger partial charge in [-0.2, -0.15) is 10.1 Å². The minimum atomic E-state index is -1.20. The molecule has 36 heavy (non-hydrogen) atoms. The Morgan fingerprint density at radius 3 is 2.86 bits per heavy atom. The summed E-state index contributed by atoms with van der Waals surface area (Å²) in [7, 11) is 0. The maximum atomic E-state index is 14.7. The summed E-state index contributed by atoms with van der Waals surface area (Å²) in [5, 5.41) is 10.1. The molecule has 0 radical (unpaired) electrons. The molecule has 0 fully saturated rings. The second kappa shape index (κ2) is 8.15. The van der Waals surface area contributed by atoms with Crippen LogP contribution < -0.4 is 26.1 Å². The van der Waals surface area contributed by atoms with Gasteiger partial charge < -0.3 is 20.5 Å². The van der Waals surface area contributed by atoms with Crippen LogP contribution in [0, 0.1) is 17.5 Å². The van der Waals surface area contributed by atoms with Gasteiger partial charge in [0.1, 0.15) is 18.5 Å². The van der Waals surface area contributed by atoms with E-state index in [1.165, 1.54) is 30.6 Å². The van der Waals surface area contributed by atoms with Crippen molar-refractivity contribution < 1.29 is 22.6 Å². The van der Waals surface area contributed by atoms with Crippen molar-refractivity contribution in [3.05, 3.63) is 70.5 Å². The van der Waals surface area contributed by atoms with Crippen molar-refractivity contribution in [3.63, 3.8) is 0 Å². The van der Waals surface area contributed by atoms with E-state index >= 15 is 0 Å². The molecule has 1 aliphatic heterocycles. The molecule has 182 valence electrons. The number of ether oxygens (including phenoxy) is 2. The fraction of sp³-hybridized carbons (Fsp3) is 0.130. The van der Waals surface area contributed by atoms with Crippen LogP contribution in [0.5, 0.6) is 11.5 Å². The van der Waals surface area contributed by atoms with Crippen molar-refractivity contribution in [1.29, 1.82) is 0 Å². The van der Waals surface area contributed by atoms with Gasteiger partial charge in [0.05, 0.1) is 40.4 Å². The van der Waals surface area contributed by atoms with Crippen molar-refractivity contribution in [3.8, 4) is 17.2 Å². The summed E-state index contributed by atoms with van der Waals surface area (Å²) in [5.74, 6) is -2.31. The molecular weight excluding hydrogens is 479 g/mol. The van der Waals surface area contributed by atoms with E-state index in [1.807, 2.05) is 0 Å². The quantitative estimate of drug-likeness (QED) is 0.324. The van der Waals surface area contributed by atoms with Crippen molar-refractivity contribution >= 4 is 33.6 Å². The summed E-state index contributed by atoms with van der Waals surface area (Å²) in [6.45, 7) is 0.300. The predicted molar refractivity (Wildman–Crippen MR) is 124 cm³/mol. The van der Waals surface area contributed by atoms with Gasteiger partial charge in [0.25, 0.3) is 5.56 Å². The lowest BCUT2D eigenvalue weighted by molar-refractivity contribution is 0.0992. The first kappa shape index (κ1) is 21.7. The Bertz CT molecular complexity index is 1720. The smallest absolute Gasteiger partial charge is 0.267 e. The molecule has 4 N–H and O–H groups in total. The monoisotopic (exact) mass is 495 g/mol. The Labute approximate surface area is 199 Å². The topological polar surface area (TPSA) is 133 Å². The molecule has 0 aliphatic carbocycles. The molecule has 6 rings (SSSR count). The first-order valence-corrected chi connectivity index (χ1v) is 10.7. The molecule has 1 aliphatic rings. The molecular formula is C23H16F3N7O3. The molecule has 10 nitrogen and oxygen atoms in total. The Morgan fingerprint density at radius 1 is 1.14 bits per heavy atom. The van der Waals surface area contributed by atoms with Gasteiger partial charge in [0.15, 0.2) is 28.8 Å². The molecule has 4 heterocycles. The SMILES string of the molecule is Nc1cc2c(cc1F)O[C@@H](CNc1ncc3c4[nH]ncc4c(=O)n(-c4cccc(F)c4F)c3n1)CO2. The highest BCUT2D eigenvalue weighted by atomic mass is 19.2. The van der Waals surface area contributed by atoms with Crippen LogP contribution in [0.2, 0.25) is 0 Å². The van der Waals surface area contributed by atoms with Crippen molar-refractivity contribution in [2.24, 2.45) is 0 Å². The van der Waals surface area contributed by atoms with Crippen LogP contribution in [-0.2, 0) is 0 Å². The van der Waals surface area contributed by atoms with E-state index in [-0.39, 0.29) is 47.3 Å². The minimum absolute atomic E-state index is 0.0301. The molecule has 0 bridgehead atoms. The molecule has 0 saturated carbocycles. The minimum Gasteiger partial charge on any atom is -0.486 e. The average Bonchev–Trinajstić information content (AvgIpc) is 3.37. The summed E-state index contributed by atoms with van der Waals surface area (Å²) in [5.41, 5.74) is 4.95. The van der Waals surface area contributed by atoms with Crippen molar-refractivity contribution in [1.82, 2.24) is 24.7 Å². The van der Waals surface area contributed by atoms with Gasteiger partial charge in [0.2, 0.25) is 5.95 Å². The third-order valence-electron chi connectivity index (χ3n) is 5.76. The number of H-pyrrole nitrogens is 1. The van der Waals surface area contributed by atoms with E-state index < -0.39 is 29.1 Å². The standard InChI is InChI=1S/C23H16F3N7O3/c24-13-2-1-3-16(19(13)26)33-21-11(20-12(22(33)34)8-30-32-20)7-29-23(31-21)28-6-10-9-35-17-5-15(27)14(25)4-18(17)36-10/h1-5,7-8,10H,6,9,27H2,(H,30,32)(H,28,29,31)/t10-/m0/s1. The third-order valence-corrected chi connectivity index (χ3v) is 5.76. The lowest BCUT2D eigenvalue weighted by Crippen LogP contribution is -2.35. The number of aromatic nitrogens is 5. The summed E-state index contributed by atoms with van der Waals surface area (Å²) < 4.78 is 54.8. The van der Waals surface area contributed by atoms with E-state index in [4.69, 9.17) is 15.2 Å². The van der Waals surface area contributed by atoms with E-state index in [0.717, 1.165) is 16.7 Å². The van der Waals surface area contributed by atoms with Crippen LogP contribution in [0.1, 0.15) is 0 Å². The second-order valence-corrected chi connectivity index (χ2v) is 8.06. The zero-order chi connectivity index (χ0) is 25.0. The number of anilines is 2. The van der Waals surface area contributed by atoms with E-state index in [2.05, 4.69) is 25.5 Å². The summed E-state index contributed by atoms with van der Waals surface area (Å²) in [6.07, 6.45) is 2.20. The highest BCUT2D eigenvalue weighted by Gasteiger charge is 2.24. The van der Waals surface area contributed by atoms with E-state index in [0.29, 0.717) is 16.7 Å². The lowest BCUT2D eigenvalue weighted by Gasteiger charge is -2.27. The van der Waals surface area contributed by atoms with Crippen LogP contribution in [-0.4, -0.2) is 44.0 Å².